The molecule has 2 aliphatic carbocycles. The molecule has 0 saturated heterocycles. The van der Waals surface area contributed by atoms with Gasteiger partial charge < -0.3 is 21.1 Å². The van der Waals surface area contributed by atoms with Crippen LogP contribution >= 0.6 is 0 Å². The molecule has 0 aliphatic heterocycles. The Morgan fingerprint density at radius 1 is 0.935 bits per heavy atom. The van der Waals surface area contributed by atoms with Crippen molar-refractivity contribution in [3.8, 4) is 0 Å². The molecule has 0 bridgehead atoms. The van der Waals surface area contributed by atoms with E-state index in [-0.39, 0.29) is 24.5 Å². The molecule has 2 aromatic rings. The molecule has 0 radical (unpaired) electrons. The summed E-state index contributed by atoms with van der Waals surface area (Å²) in [5, 5.41) is 6.06. The normalized spacial score (nSPS) is 24.8. The summed E-state index contributed by atoms with van der Waals surface area (Å²) in [6, 6.07) is 17.0. The van der Waals surface area contributed by atoms with E-state index in [0.717, 1.165) is 42.5 Å². The lowest BCUT2D eigenvalue weighted by atomic mass is 9.58. The SMILES string of the molecule is NCc1cccc(NC(=O)[C@@H]2[C@@H]3CCCCC[C@@H]3[C@@H]2NC(=O)OCc2ccccc2)c1. The highest BCUT2D eigenvalue weighted by molar-refractivity contribution is 5.94. The number of carbonyl (C=O) groups excluding carboxylic acids is 2. The third-order valence-electron chi connectivity index (χ3n) is 6.66. The van der Waals surface area contributed by atoms with Crippen molar-refractivity contribution in [2.24, 2.45) is 23.5 Å². The molecule has 0 unspecified atom stereocenters. The van der Waals surface area contributed by atoms with Gasteiger partial charge in [-0.15, -0.1) is 0 Å². The molecule has 2 saturated carbocycles. The fourth-order valence-electron chi connectivity index (χ4n) is 5.10. The molecule has 2 aromatic carbocycles. The van der Waals surface area contributed by atoms with Crippen LogP contribution in [-0.2, 0) is 22.7 Å². The van der Waals surface area contributed by atoms with Crippen molar-refractivity contribution in [3.05, 3.63) is 65.7 Å². The highest BCUT2D eigenvalue weighted by Crippen LogP contribution is 2.49. The average Bonchev–Trinajstić information content (AvgIpc) is 2.99. The van der Waals surface area contributed by atoms with Crippen LogP contribution in [0.4, 0.5) is 10.5 Å². The van der Waals surface area contributed by atoms with Gasteiger partial charge in [0.2, 0.25) is 5.91 Å². The molecular weight excluding hydrogens is 390 g/mol. The summed E-state index contributed by atoms with van der Waals surface area (Å²) in [7, 11) is 0. The number of nitrogens with one attached hydrogen (secondary N) is 2. The van der Waals surface area contributed by atoms with Crippen molar-refractivity contribution in [2.75, 3.05) is 5.32 Å². The van der Waals surface area contributed by atoms with E-state index in [1.54, 1.807) is 0 Å². The monoisotopic (exact) mass is 421 g/mol. The molecule has 4 N–H and O–H groups in total. The molecule has 6 heteroatoms. The highest BCUT2D eigenvalue weighted by Gasteiger charge is 2.54. The zero-order valence-corrected chi connectivity index (χ0v) is 17.8. The van der Waals surface area contributed by atoms with Gasteiger partial charge in [-0.05, 0) is 47.9 Å². The molecule has 0 spiro atoms. The van der Waals surface area contributed by atoms with Crippen LogP contribution in [0.25, 0.3) is 0 Å². The molecule has 6 nitrogen and oxygen atoms in total. The molecule has 4 atom stereocenters. The summed E-state index contributed by atoms with van der Waals surface area (Å²) in [4.78, 5) is 25.7. The molecule has 31 heavy (non-hydrogen) atoms. The lowest BCUT2D eigenvalue weighted by Gasteiger charge is -2.50. The molecule has 164 valence electrons. The number of benzene rings is 2. The number of hydrogen-bond acceptors (Lipinski definition) is 4. The van der Waals surface area contributed by atoms with Crippen molar-refractivity contribution in [1.82, 2.24) is 5.32 Å². The van der Waals surface area contributed by atoms with Gasteiger partial charge in [-0.3, -0.25) is 4.79 Å². The van der Waals surface area contributed by atoms with Crippen LogP contribution in [0.2, 0.25) is 0 Å². The smallest absolute Gasteiger partial charge is 0.407 e. The first kappa shape index (κ1) is 21.4. The van der Waals surface area contributed by atoms with E-state index in [4.69, 9.17) is 10.5 Å². The van der Waals surface area contributed by atoms with E-state index < -0.39 is 6.09 Å². The van der Waals surface area contributed by atoms with Crippen molar-refractivity contribution < 1.29 is 14.3 Å². The van der Waals surface area contributed by atoms with Gasteiger partial charge in [-0.2, -0.15) is 0 Å². The molecular formula is C25H31N3O3. The molecule has 2 aliphatic rings. The summed E-state index contributed by atoms with van der Waals surface area (Å²) in [5.74, 6) is 0.358. The Hall–Kier alpha value is -2.86. The van der Waals surface area contributed by atoms with Gasteiger partial charge >= 0.3 is 6.09 Å². The number of nitrogens with two attached hydrogens (primary N) is 1. The third kappa shape index (κ3) is 5.07. The molecule has 2 amide bonds. The first-order chi connectivity index (χ1) is 15.2. The van der Waals surface area contributed by atoms with Crippen molar-refractivity contribution in [2.45, 2.75) is 51.3 Å². The van der Waals surface area contributed by atoms with E-state index in [9.17, 15) is 9.59 Å². The molecule has 0 aromatic heterocycles. The van der Waals surface area contributed by atoms with Gasteiger partial charge in [-0.1, -0.05) is 61.7 Å². The summed E-state index contributed by atoms with van der Waals surface area (Å²) >= 11 is 0. The summed E-state index contributed by atoms with van der Waals surface area (Å²) in [6.45, 7) is 0.644. The van der Waals surface area contributed by atoms with Crippen molar-refractivity contribution in [3.63, 3.8) is 0 Å². The maximum Gasteiger partial charge on any atom is 0.407 e. The summed E-state index contributed by atoms with van der Waals surface area (Å²) in [5.41, 5.74) is 8.38. The summed E-state index contributed by atoms with van der Waals surface area (Å²) < 4.78 is 5.43. The van der Waals surface area contributed by atoms with Crippen LogP contribution < -0.4 is 16.4 Å². The lowest BCUT2D eigenvalue weighted by molar-refractivity contribution is -0.131. The minimum atomic E-state index is -0.459. The Bertz CT molecular complexity index is 902. The third-order valence-corrected chi connectivity index (χ3v) is 6.66. The Labute approximate surface area is 183 Å². The zero-order chi connectivity index (χ0) is 21.6. The van der Waals surface area contributed by atoms with Gasteiger partial charge in [0.05, 0.1) is 5.92 Å². The first-order valence-electron chi connectivity index (χ1n) is 11.2. The molecule has 2 fully saturated rings. The number of ether oxygens (including phenoxy) is 1. The van der Waals surface area contributed by atoms with Gasteiger partial charge in [0, 0.05) is 18.3 Å². The Morgan fingerprint density at radius 3 is 2.45 bits per heavy atom. The molecule has 0 heterocycles. The van der Waals surface area contributed by atoms with Gasteiger partial charge in [0.15, 0.2) is 0 Å². The fraction of sp³-hybridized carbons (Fsp3) is 0.440. The van der Waals surface area contributed by atoms with Gasteiger partial charge in [0.25, 0.3) is 0 Å². The zero-order valence-electron chi connectivity index (χ0n) is 17.8. The van der Waals surface area contributed by atoms with Crippen LogP contribution in [0.15, 0.2) is 54.6 Å². The number of alkyl carbamates (subject to hydrolysis) is 1. The number of amides is 2. The van der Waals surface area contributed by atoms with E-state index in [0.29, 0.717) is 18.4 Å². The number of hydrogen-bond donors (Lipinski definition) is 3. The standard InChI is InChI=1S/C25H31N3O3/c26-15-18-10-7-11-19(14-18)27-24(29)22-20-12-5-2-6-13-21(20)23(22)28-25(30)31-16-17-8-3-1-4-9-17/h1,3-4,7-11,14,20-23H,2,5-6,12-13,15-16,26H2,(H,27,29)(H,28,30)/t20-,21+,22-,23+/m1/s1. The maximum absolute atomic E-state index is 13.2. The van der Waals surface area contributed by atoms with E-state index in [2.05, 4.69) is 10.6 Å². The predicted molar refractivity (Wildman–Crippen MR) is 120 cm³/mol. The van der Waals surface area contributed by atoms with Crippen LogP contribution in [0, 0.1) is 17.8 Å². The Kier molecular flexibility index (Phi) is 6.87. The Morgan fingerprint density at radius 2 is 1.68 bits per heavy atom. The number of anilines is 1. The quantitative estimate of drug-likeness (QED) is 0.651. The van der Waals surface area contributed by atoms with E-state index in [1.807, 2.05) is 54.6 Å². The second-order valence-corrected chi connectivity index (χ2v) is 8.62. The van der Waals surface area contributed by atoms with Crippen molar-refractivity contribution >= 4 is 17.7 Å². The second kappa shape index (κ2) is 9.96. The number of carbonyl (C=O) groups is 2. The Balaban J connectivity index is 1.42. The average molecular weight is 422 g/mol. The van der Waals surface area contributed by atoms with Crippen molar-refractivity contribution in [1.29, 1.82) is 0 Å². The largest absolute Gasteiger partial charge is 0.445 e. The van der Waals surface area contributed by atoms with Crippen LogP contribution in [-0.4, -0.2) is 18.0 Å². The maximum atomic E-state index is 13.2. The number of rotatable bonds is 6. The first-order valence-corrected chi connectivity index (χ1v) is 11.2. The van der Waals surface area contributed by atoms with Crippen LogP contribution in [0.1, 0.15) is 43.2 Å². The minimum absolute atomic E-state index is 0.0364. The lowest BCUT2D eigenvalue weighted by Crippen LogP contribution is -2.63. The van der Waals surface area contributed by atoms with Crippen LogP contribution in [0.3, 0.4) is 0 Å². The fourth-order valence-corrected chi connectivity index (χ4v) is 5.10. The topological polar surface area (TPSA) is 93.5 Å². The van der Waals surface area contributed by atoms with Gasteiger partial charge in [-0.25, -0.2) is 4.79 Å². The van der Waals surface area contributed by atoms with E-state index in [1.165, 1.54) is 6.42 Å². The second-order valence-electron chi connectivity index (χ2n) is 8.62. The highest BCUT2D eigenvalue weighted by atomic mass is 16.5. The summed E-state index contributed by atoms with van der Waals surface area (Å²) in [6.07, 6.45) is 5.08. The van der Waals surface area contributed by atoms with E-state index >= 15 is 0 Å². The molecule has 4 rings (SSSR count). The van der Waals surface area contributed by atoms with Crippen LogP contribution in [0.5, 0.6) is 0 Å². The predicted octanol–water partition coefficient (Wildman–Crippen LogP) is 4.21. The number of fused-ring (bicyclic) bond motifs is 1. The minimum Gasteiger partial charge on any atom is -0.445 e. The van der Waals surface area contributed by atoms with Gasteiger partial charge in [0.1, 0.15) is 6.61 Å².